The molecule has 1 unspecified atom stereocenters. The summed E-state index contributed by atoms with van der Waals surface area (Å²) in [5, 5.41) is 6.94. The molecule has 1 atom stereocenters. The number of morpholine rings is 1. The molecule has 4 aliphatic heterocycles. The second-order valence-electron chi connectivity index (χ2n) is 8.19. The van der Waals surface area contributed by atoms with Crippen molar-refractivity contribution >= 4 is 22.9 Å². The normalized spacial score (nSPS) is 27.8. The van der Waals surface area contributed by atoms with Gasteiger partial charge in [-0.15, -0.1) is 0 Å². The predicted molar refractivity (Wildman–Crippen MR) is 111 cm³/mol. The molecule has 1 aromatic rings. The number of fused-ring (bicyclic) bond motifs is 1. The van der Waals surface area contributed by atoms with E-state index >= 15 is 0 Å². The fraction of sp³-hybridized carbons (Fsp3) is 0.591. The molecule has 7 nitrogen and oxygen atoms in total. The largest absolute Gasteiger partial charge is 0.385 e. The fourth-order valence-electron chi connectivity index (χ4n) is 4.67. The van der Waals surface area contributed by atoms with E-state index in [9.17, 15) is 4.79 Å². The number of hydrogen-bond acceptors (Lipinski definition) is 6. The van der Waals surface area contributed by atoms with E-state index in [1.165, 1.54) is 0 Å². The lowest BCUT2D eigenvalue weighted by atomic mass is 10.0. The Bertz CT molecular complexity index is 789. The topological polar surface area (TPSA) is 72.1 Å². The molecule has 0 bridgehead atoms. The van der Waals surface area contributed by atoms with Crippen LogP contribution in [0.4, 0.5) is 11.4 Å². The van der Waals surface area contributed by atoms with Gasteiger partial charge in [0.1, 0.15) is 0 Å². The number of nitrogens with zero attached hydrogens (tertiary/aromatic N) is 1. The van der Waals surface area contributed by atoms with Gasteiger partial charge in [-0.3, -0.25) is 4.79 Å². The number of carbonyl (C=O) groups excluding carboxylic acids is 1. The maximum absolute atomic E-state index is 13.5. The minimum Gasteiger partial charge on any atom is -0.385 e. The first-order valence-electron chi connectivity index (χ1n) is 10.7. The van der Waals surface area contributed by atoms with Crippen molar-refractivity contribution in [3.05, 3.63) is 29.5 Å². The van der Waals surface area contributed by atoms with Crippen molar-refractivity contribution in [1.82, 2.24) is 5.32 Å². The van der Waals surface area contributed by atoms with Gasteiger partial charge in [-0.05, 0) is 37.5 Å². The maximum atomic E-state index is 13.5. The molecule has 3 saturated heterocycles. The van der Waals surface area contributed by atoms with Gasteiger partial charge in [-0.1, -0.05) is 0 Å². The standard InChI is InChI=1S/C22H29N3O4/c26-22-21(19-14-29-10-6-23-19)18-11-16(24-12-15-3-7-28-13-15)1-2-20(18)25(22)17-4-8-27-9-5-17/h1-2,11,15,17,23-24H,3-10,12-14H2/b21-19-. The third-order valence-electron chi connectivity index (χ3n) is 6.27. The van der Waals surface area contributed by atoms with Crippen molar-refractivity contribution in [3.63, 3.8) is 0 Å². The molecule has 4 aliphatic rings. The van der Waals surface area contributed by atoms with Crippen LogP contribution in [-0.4, -0.2) is 64.7 Å². The zero-order valence-corrected chi connectivity index (χ0v) is 16.7. The minimum atomic E-state index is 0.0845. The van der Waals surface area contributed by atoms with Crippen molar-refractivity contribution in [2.24, 2.45) is 5.92 Å². The summed E-state index contributed by atoms with van der Waals surface area (Å²) in [5.74, 6) is 0.635. The van der Waals surface area contributed by atoms with Gasteiger partial charge >= 0.3 is 0 Å². The van der Waals surface area contributed by atoms with Gasteiger partial charge in [-0.25, -0.2) is 0 Å². The molecule has 1 amide bonds. The first-order chi connectivity index (χ1) is 14.3. The molecule has 3 fully saturated rings. The molecule has 156 valence electrons. The van der Waals surface area contributed by atoms with Crippen LogP contribution in [0.25, 0.3) is 5.57 Å². The van der Waals surface area contributed by atoms with Crippen molar-refractivity contribution in [2.45, 2.75) is 25.3 Å². The van der Waals surface area contributed by atoms with E-state index < -0.39 is 0 Å². The molecule has 0 aliphatic carbocycles. The van der Waals surface area contributed by atoms with Crippen molar-refractivity contribution in [3.8, 4) is 0 Å². The smallest absolute Gasteiger partial charge is 0.261 e. The molecule has 0 spiro atoms. The van der Waals surface area contributed by atoms with Crippen LogP contribution in [0.15, 0.2) is 23.9 Å². The summed E-state index contributed by atoms with van der Waals surface area (Å²) in [6.45, 7) is 5.85. The van der Waals surface area contributed by atoms with E-state index in [0.717, 1.165) is 73.8 Å². The van der Waals surface area contributed by atoms with Gasteiger partial charge in [0.25, 0.3) is 5.91 Å². The van der Waals surface area contributed by atoms with Crippen LogP contribution in [0.2, 0.25) is 0 Å². The van der Waals surface area contributed by atoms with E-state index in [2.05, 4.69) is 28.8 Å². The molecule has 0 radical (unpaired) electrons. The second-order valence-corrected chi connectivity index (χ2v) is 8.19. The Kier molecular flexibility index (Phi) is 5.44. The van der Waals surface area contributed by atoms with Gasteiger partial charge in [0.05, 0.1) is 36.8 Å². The molecule has 0 aromatic heterocycles. The Morgan fingerprint density at radius 3 is 2.69 bits per heavy atom. The highest BCUT2D eigenvalue weighted by Crippen LogP contribution is 2.42. The Labute approximate surface area is 171 Å². The monoisotopic (exact) mass is 399 g/mol. The lowest BCUT2D eigenvalue weighted by molar-refractivity contribution is -0.113. The average molecular weight is 399 g/mol. The van der Waals surface area contributed by atoms with Crippen LogP contribution < -0.4 is 15.5 Å². The van der Waals surface area contributed by atoms with Crippen molar-refractivity contribution in [1.29, 1.82) is 0 Å². The summed E-state index contributed by atoms with van der Waals surface area (Å²) >= 11 is 0. The van der Waals surface area contributed by atoms with Crippen LogP contribution >= 0.6 is 0 Å². The summed E-state index contributed by atoms with van der Waals surface area (Å²) in [6, 6.07) is 6.49. The van der Waals surface area contributed by atoms with E-state index in [4.69, 9.17) is 14.2 Å². The molecule has 0 saturated carbocycles. The highest BCUT2D eigenvalue weighted by atomic mass is 16.5. The molecular weight excluding hydrogens is 370 g/mol. The number of nitrogens with one attached hydrogen (secondary N) is 2. The van der Waals surface area contributed by atoms with Crippen LogP contribution in [0.5, 0.6) is 0 Å². The molecule has 29 heavy (non-hydrogen) atoms. The summed E-state index contributed by atoms with van der Waals surface area (Å²) in [4.78, 5) is 15.5. The Balaban J connectivity index is 1.47. The summed E-state index contributed by atoms with van der Waals surface area (Å²) < 4.78 is 16.6. The maximum Gasteiger partial charge on any atom is 0.261 e. The summed E-state index contributed by atoms with van der Waals surface area (Å²) in [6.07, 6.45) is 2.85. The van der Waals surface area contributed by atoms with Crippen molar-refractivity contribution < 1.29 is 19.0 Å². The first kappa shape index (κ1) is 18.9. The third kappa shape index (κ3) is 3.74. The van der Waals surface area contributed by atoms with E-state index in [0.29, 0.717) is 32.3 Å². The summed E-state index contributed by atoms with van der Waals surface area (Å²) in [5.41, 5.74) is 4.72. The number of hydrogen-bond donors (Lipinski definition) is 2. The van der Waals surface area contributed by atoms with E-state index in [1.54, 1.807) is 0 Å². The second kappa shape index (κ2) is 8.34. The van der Waals surface area contributed by atoms with Gasteiger partial charge < -0.3 is 29.7 Å². The Morgan fingerprint density at radius 2 is 1.93 bits per heavy atom. The Morgan fingerprint density at radius 1 is 1.07 bits per heavy atom. The molecule has 2 N–H and O–H groups in total. The molecule has 7 heteroatoms. The average Bonchev–Trinajstić information content (AvgIpc) is 3.38. The Hall–Kier alpha value is -2.09. The van der Waals surface area contributed by atoms with E-state index in [-0.39, 0.29) is 11.9 Å². The highest BCUT2D eigenvalue weighted by molar-refractivity contribution is 6.33. The number of rotatable bonds is 4. The third-order valence-corrected chi connectivity index (χ3v) is 6.27. The van der Waals surface area contributed by atoms with Crippen LogP contribution in [-0.2, 0) is 19.0 Å². The number of benzene rings is 1. The SMILES string of the molecule is O=C1/C(=C2/COCCN2)c2cc(NCC3CCOC3)ccc2N1C1CCOCC1. The molecule has 1 aromatic carbocycles. The summed E-state index contributed by atoms with van der Waals surface area (Å²) in [7, 11) is 0. The number of amides is 1. The predicted octanol–water partition coefficient (Wildman–Crippen LogP) is 1.99. The van der Waals surface area contributed by atoms with Crippen LogP contribution in [0.3, 0.4) is 0 Å². The number of anilines is 2. The first-order valence-corrected chi connectivity index (χ1v) is 10.7. The molecule has 4 heterocycles. The lowest BCUT2D eigenvalue weighted by Crippen LogP contribution is -2.42. The highest BCUT2D eigenvalue weighted by Gasteiger charge is 2.39. The lowest BCUT2D eigenvalue weighted by Gasteiger charge is -2.31. The van der Waals surface area contributed by atoms with Gasteiger partial charge in [-0.2, -0.15) is 0 Å². The molecule has 5 rings (SSSR count). The van der Waals surface area contributed by atoms with E-state index in [1.807, 2.05) is 4.90 Å². The number of ether oxygens (including phenoxy) is 3. The zero-order valence-electron chi connectivity index (χ0n) is 16.7. The van der Waals surface area contributed by atoms with Crippen molar-refractivity contribution in [2.75, 3.05) is 62.9 Å². The minimum absolute atomic E-state index is 0.0845. The van der Waals surface area contributed by atoms with Gasteiger partial charge in [0, 0.05) is 56.1 Å². The van der Waals surface area contributed by atoms with Crippen LogP contribution in [0, 0.1) is 5.92 Å². The zero-order chi connectivity index (χ0) is 19.6. The fourth-order valence-corrected chi connectivity index (χ4v) is 4.67. The van der Waals surface area contributed by atoms with Gasteiger partial charge in [0.15, 0.2) is 0 Å². The molecular formula is C22H29N3O4. The van der Waals surface area contributed by atoms with Gasteiger partial charge in [0.2, 0.25) is 0 Å². The van der Waals surface area contributed by atoms with Crippen LogP contribution in [0.1, 0.15) is 24.8 Å². The quantitative estimate of drug-likeness (QED) is 0.755. The number of carbonyl (C=O) groups is 1.